The van der Waals surface area contributed by atoms with Crippen LogP contribution in [0.4, 0.5) is 0 Å². The summed E-state index contributed by atoms with van der Waals surface area (Å²) < 4.78 is 11.2. The largest absolute Gasteiger partial charge is 0.504 e. The van der Waals surface area contributed by atoms with E-state index in [0.29, 0.717) is 5.75 Å². The molecular weight excluding hydrogens is 252 g/mol. The quantitative estimate of drug-likeness (QED) is 0.831. The summed E-state index contributed by atoms with van der Waals surface area (Å²) >= 11 is 0. The molecule has 3 heteroatoms. The average molecular weight is 274 g/mol. The van der Waals surface area contributed by atoms with Crippen LogP contribution in [-0.2, 0) is 0 Å². The molecule has 1 unspecified atom stereocenters. The van der Waals surface area contributed by atoms with Crippen LogP contribution in [0.2, 0.25) is 0 Å². The third-order valence-electron chi connectivity index (χ3n) is 3.46. The van der Waals surface area contributed by atoms with Crippen molar-refractivity contribution in [2.45, 2.75) is 39.2 Å². The lowest BCUT2D eigenvalue weighted by Crippen LogP contribution is -2.31. The Morgan fingerprint density at radius 1 is 1.40 bits per heavy atom. The minimum atomic E-state index is -0.319. The maximum Gasteiger partial charge on any atom is 0.164 e. The highest BCUT2D eigenvalue weighted by atomic mass is 16.5. The molecule has 0 aliphatic carbocycles. The summed E-state index contributed by atoms with van der Waals surface area (Å²) in [5.41, 5.74) is 1.88. The van der Waals surface area contributed by atoms with Gasteiger partial charge in [-0.05, 0) is 45.8 Å². The topological polar surface area (TPSA) is 38.7 Å². The Bertz CT molecular complexity index is 554. The van der Waals surface area contributed by atoms with E-state index in [1.807, 2.05) is 6.08 Å². The standard InChI is InChI=1S/C17H22O3/c1-12(2)6-5-8-17(3)9-7-13-10-14(18)16(19-4)11-15(13)20-17/h6-7,9-11,18H,5,8H2,1-4H3. The van der Waals surface area contributed by atoms with E-state index in [1.165, 1.54) is 12.7 Å². The number of methoxy groups -OCH3 is 1. The van der Waals surface area contributed by atoms with Crippen molar-refractivity contribution in [3.8, 4) is 17.2 Å². The highest BCUT2D eigenvalue weighted by Crippen LogP contribution is 2.40. The molecule has 0 saturated carbocycles. The number of benzene rings is 1. The average Bonchev–Trinajstić information content (AvgIpc) is 2.38. The lowest BCUT2D eigenvalue weighted by molar-refractivity contribution is 0.128. The molecule has 1 heterocycles. The molecule has 2 rings (SSSR count). The zero-order valence-corrected chi connectivity index (χ0v) is 12.6. The Kier molecular flexibility index (Phi) is 4.07. The predicted octanol–water partition coefficient (Wildman–Crippen LogP) is 4.31. The zero-order chi connectivity index (χ0) is 14.8. The summed E-state index contributed by atoms with van der Waals surface area (Å²) in [4.78, 5) is 0. The van der Waals surface area contributed by atoms with Crippen molar-refractivity contribution in [1.29, 1.82) is 0 Å². The van der Waals surface area contributed by atoms with Crippen LogP contribution in [0.25, 0.3) is 6.08 Å². The van der Waals surface area contributed by atoms with E-state index >= 15 is 0 Å². The van der Waals surface area contributed by atoms with Crippen molar-refractivity contribution in [2.24, 2.45) is 0 Å². The van der Waals surface area contributed by atoms with E-state index in [4.69, 9.17) is 9.47 Å². The monoisotopic (exact) mass is 274 g/mol. The molecule has 0 amide bonds. The summed E-state index contributed by atoms with van der Waals surface area (Å²) in [5, 5.41) is 9.78. The molecule has 1 aliphatic rings. The van der Waals surface area contributed by atoms with Gasteiger partial charge >= 0.3 is 0 Å². The molecule has 1 N–H and O–H groups in total. The van der Waals surface area contributed by atoms with Gasteiger partial charge < -0.3 is 14.6 Å². The van der Waals surface area contributed by atoms with Gasteiger partial charge in [-0.2, -0.15) is 0 Å². The van der Waals surface area contributed by atoms with Gasteiger partial charge in [0.2, 0.25) is 0 Å². The lowest BCUT2D eigenvalue weighted by Gasteiger charge is -2.31. The SMILES string of the molecule is COc1cc2c(cc1O)C=CC(C)(CCC=C(C)C)O2. The summed E-state index contributed by atoms with van der Waals surface area (Å²) in [7, 11) is 1.54. The van der Waals surface area contributed by atoms with Crippen molar-refractivity contribution in [3.63, 3.8) is 0 Å². The molecule has 0 saturated heterocycles. The lowest BCUT2D eigenvalue weighted by atomic mass is 9.94. The highest BCUT2D eigenvalue weighted by molar-refractivity contribution is 5.65. The fraction of sp³-hybridized carbons (Fsp3) is 0.412. The van der Waals surface area contributed by atoms with Crippen LogP contribution < -0.4 is 9.47 Å². The first kappa shape index (κ1) is 14.5. The molecule has 20 heavy (non-hydrogen) atoms. The van der Waals surface area contributed by atoms with E-state index in [2.05, 4.69) is 32.9 Å². The van der Waals surface area contributed by atoms with Crippen molar-refractivity contribution in [3.05, 3.63) is 35.4 Å². The Morgan fingerprint density at radius 3 is 2.80 bits per heavy atom. The number of phenolic OH excluding ortho intramolecular Hbond substituents is 1. The van der Waals surface area contributed by atoms with Gasteiger partial charge in [0.05, 0.1) is 7.11 Å². The normalized spacial score (nSPS) is 20.0. The van der Waals surface area contributed by atoms with Gasteiger partial charge in [-0.15, -0.1) is 0 Å². The number of rotatable bonds is 4. The van der Waals surface area contributed by atoms with Gasteiger partial charge in [0.1, 0.15) is 11.4 Å². The number of fused-ring (bicyclic) bond motifs is 1. The van der Waals surface area contributed by atoms with Crippen LogP contribution in [-0.4, -0.2) is 17.8 Å². The second kappa shape index (κ2) is 5.61. The van der Waals surface area contributed by atoms with Crippen LogP contribution in [0.3, 0.4) is 0 Å². The Morgan fingerprint density at radius 2 is 2.15 bits per heavy atom. The summed E-state index contributed by atoms with van der Waals surface area (Å²) in [6, 6.07) is 3.41. The molecule has 0 spiro atoms. The van der Waals surface area contributed by atoms with Gasteiger partial charge in [-0.1, -0.05) is 17.7 Å². The molecule has 0 aromatic heterocycles. The van der Waals surface area contributed by atoms with Crippen molar-refractivity contribution in [2.75, 3.05) is 7.11 Å². The van der Waals surface area contributed by atoms with Gasteiger partial charge in [-0.3, -0.25) is 0 Å². The van der Waals surface area contributed by atoms with Crippen molar-refractivity contribution < 1.29 is 14.6 Å². The smallest absolute Gasteiger partial charge is 0.164 e. The Labute approximate surface area is 120 Å². The van der Waals surface area contributed by atoms with Crippen molar-refractivity contribution >= 4 is 6.08 Å². The molecule has 0 fully saturated rings. The van der Waals surface area contributed by atoms with Crippen LogP contribution in [0.1, 0.15) is 39.2 Å². The molecule has 1 atom stereocenters. The number of hydrogen-bond acceptors (Lipinski definition) is 3. The minimum absolute atomic E-state index is 0.132. The molecule has 108 valence electrons. The highest BCUT2D eigenvalue weighted by Gasteiger charge is 2.27. The van der Waals surface area contributed by atoms with E-state index in [0.717, 1.165) is 24.2 Å². The summed E-state index contributed by atoms with van der Waals surface area (Å²) in [6.45, 7) is 6.27. The number of hydrogen-bond donors (Lipinski definition) is 1. The first-order chi connectivity index (χ1) is 9.43. The maximum atomic E-state index is 9.78. The molecule has 1 aromatic carbocycles. The van der Waals surface area contributed by atoms with Gasteiger partial charge in [0, 0.05) is 11.6 Å². The van der Waals surface area contributed by atoms with Crippen LogP contribution >= 0.6 is 0 Å². The first-order valence-corrected chi connectivity index (χ1v) is 6.86. The number of aromatic hydroxyl groups is 1. The summed E-state index contributed by atoms with van der Waals surface area (Å²) in [5.74, 6) is 1.32. The third-order valence-corrected chi connectivity index (χ3v) is 3.46. The minimum Gasteiger partial charge on any atom is -0.504 e. The van der Waals surface area contributed by atoms with Gasteiger partial charge in [-0.25, -0.2) is 0 Å². The number of allylic oxidation sites excluding steroid dienone is 2. The first-order valence-electron chi connectivity index (χ1n) is 6.86. The number of ether oxygens (including phenoxy) is 2. The second-order valence-electron chi connectivity index (χ2n) is 5.63. The molecular formula is C17H22O3. The maximum absolute atomic E-state index is 9.78. The van der Waals surface area contributed by atoms with Crippen LogP contribution in [0.15, 0.2) is 29.9 Å². The third kappa shape index (κ3) is 3.16. The Balaban J connectivity index is 2.19. The molecule has 0 bridgehead atoms. The van der Waals surface area contributed by atoms with Gasteiger partial charge in [0.15, 0.2) is 11.5 Å². The molecule has 1 aromatic rings. The van der Waals surface area contributed by atoms with Crippen LogP contribution in [0.5, 0.6) is 17.2 Å². The van der Waals surface area contributed by atoms with Crippen LogP contribution in [0, 0.1) is 0 Å². The molecule has 0 radical (unpaired) electrons. The fourth-order valence-electron chi connectivity index (χ4n) is 2.28. The van der Waals surface area contributed by atoms with E-state index in [9.17, 15) is 5.11 Å². The van der Waals surface area contributed by atoms with E-state index in [1.54, 1.807) is 12.1 Å². The fourth-order valence-corrected chi connectivity index (χ4v) is 2.28. The van der Waals surface area contributed by atoms with Gasteiger partial charge in [0.25, 0.3) is 0 Å². The van der Waals surface area contributed by atoms with E-state index in [-0.39, 0.29) is 11.4 Å². The Hall–Kier alpha value is -1.90. The summed E-state index contributed by atoms with van der Waals surface area (Å²) in [6.07, 6.45) is 8.17. The number of phenols is 1. The van der Waals surface area contributed by atoms with Crippen molar-refractivity contribution in [1.82, 2.24) is 0 Å². The zero-order valence-electron chi connectivity index (χ0n) is 12.6. The molecule has 3 nitrogen and oxygen atoms in total. The second-order valence-corrected chi connectivity index (χ2v) is 5.63. The van der Waals surface area contributed by atoms with E-state index < -0.39 is 0 Å². The molecule has 1 aliphatic heterocycles. The predicted molar refractivity (Wildman–Crippen MR) is 81.4 cm³/mol.